The molecule has 0 radical (unpaired) electrons. The lowest BCUT2D eigenvalue weighted by Crippen LogP contribution is -2.40. The molecule has 0 amide bonds. The van der Waals surface area contributed by atoms with Gasteiger partial charge in [0.15, 0.2) is 0 Å². The molecule has 1 aromatic carbocycles. The molecule has 2 rings (SSSR count). The Kier molecular flexibility index (Phi) is 4.47. The standard InChI is InChI=1S/C16H25NO3S/c1-15(2,3)13-6-8-14(9-7-13)21(19,20)17-12-16(18)10-4-5-11-16/h6-9,17-18H,4-5,10-12H2,1-3H3. The molecule has 1 fully saturated rings. The fourth-order valence-corrected chi connectivity index (χ4v) is 3.78. The van der Waals surface area contributed by atoms with Crippen molar-refractivity contribution in [1.82, 2.24) is 4.72 Å². The van der Waals surface area contributed by atoms with Gasteiger partial charge in [0.1, 0.15) is 0 Å². The number of hydrogen-bond acceptors (Lipinski definition) is 3. The summed E-state index contributed by atoms with van der Waals surface area (Å²) < 4.78 is 27.1. The van der Waals surface area contributed by atoms with Gasteiger partial charge in [0.2, 0.25) is 10.0 Å². The monoisotopic (exact) mass is 311 g/mol. The summed E-state index contributed by atoms with van der Waals surface area (Å²) >= 11 is 0. The topological polar surface area (TPSA) is 66.4 Å². The molecule has 0 aromatic heterocycles. The van der Waals surface area contributed by atoms with Crippen LogP contribution in [-0.2, 0) is 15.4 Å². The SMILES string of the molecule is CC(C)(C)c1ccc(S(=O)(=O)NCC2(O)CCCC2)cc1. The third-order valence-electron chi connectivity index (χ3n) is 4.16. The lowest BCUT2D eigenvalue weighted by Gasteiger charge is -2.22. The van der Waals surface area contributed by atoms with Crippen molar-refractivity contribution in [3.05, 3.63) is 29.8 Å². The molecular weight excluding hydrogens is 286 g/mol. The number of hydrogen-bond donors (Lipinski definition) is 2. The molecule has 21 heavy (non-hydrogen) atoms. The third-order valence-corrected chi connectivity index (χ3v) is 5.57. The maximum absolute atomic E-state index is 12.3. The summed E-state index contributed by atoms with van der Waals surface area (Å²) in [5.41, 5.74) is 0.212. The van der Waals surface area contributed by atoms with Gasteiger partial charge < -0.3 is 5.11 Å². The minimum absolute atomic E-state index is 0.00523. The van der Waals surface area contributed by atoms with E-state index in [0.29, 0.717) is 12.8 Å². The number of rotatable bonds is 4. The Morgan fingerprint density at radius 3 is 2.14 bits per heavy atom. The molecule has 118 valence electrons. The van der Waals surface area contributed by atoms with Gasteiger partial charge in [-0.1, -0.05) is 45.7 Å². The second kappa shape index (κ2) is 5.71. The Labute approximate surface area is 127 Å². The molecule has 0 atom stereocenters. The first-order valence-electron chi connectivity index (χ1n) is 7.45. The molecular formula is C16H25NO3S. The Morgan fingerprint density at radius 2 is 1.67 bits per heavy atom. The van der Waals surface area contributed by atoms with Crippen LogP contribution in [0.5, 0.6) is 0 Å². The summed E-state index contributed by atoms with van der Waals surface area (Å²) in [4.78, 5) is 0.247. The normalized spacial score (nSPS) is 18.9. The first kappa shape index (κ1) is 16.5. The minimum atomic E-state index is -3.56. The van der Waals surface area contributed by atoms with E-state index in [9.17, 15) is 13.5 Å². The van der Waals surface area contributed by atoms with Crippen LogP contribution in [-0.4, -0.2) is 25.7 Å². The third kappa shape index (κ3) is 4.05. The summed E-state index contributed by atoms with van der Waals surface area (Å²) in [5.74, 6) is 0. The van der Waals surface area contributed by atoms with E-state index >= 15 is 0 Å². The highest BCUT2D eigenvalue weighted by Crippen LogP contribution is 2.29. The van der Waals surface area contributed by atoms with Crippen LogP contribution < -0.4 is 4.72 Å². The van der Waals surface area contributed by atoms with E-state index in [1.807, 2.05) is 12.1 Å². The maximum Gasteiger partial charge on any atom is 0.240 e. The second-order valence-corrected chi connectivity index (χ2v) is 8.80. The molecule has 0 unspecified atom stereocenters. The van der Waals surface area contributed by atoms with Crippen molar-refractivity contribution in [2.75, 3.05) is 6.54 Å². The summed E-state index contributed by atoms with van der Waals surface area (Å²) in [6.45, 7) is 6.36. The molecule has 0 saturated heterocycles. The Bertz CT molecular complexity index is 579. The zero-order chi connectivity index (χ0) is 15.7. The highest BCUT2D eigenvalue weighted by molar-refractivity contribution is 7.89. The van der Waals surface area contributed by atoms with Gasteiger partial charge in [-0.3, -0.25) is 0 Å². The van der Waals surface area contributed by atoms with Gasteiger partial charge in [-0.25, -0.2) is 13.1 Å². The molecule has 0 aliphatic heterocycles. The second-order valence-electron chi connectivity index (χ2n) is 7.03. The van der Waals surface area contributed by atoms with Gasteiger partial charge in [-0.05, 0) is 36.0 Å². The van der Waals surface area contributed by atoms with Crippen molar-refractivity contribution in [1.29, 1.82) is 0 Å². The lowest BCUT2D eigenvalue weighted by molar-refractivity contribution is 0.0532. The molecule has 4 nitrogen and oxygen atoms in total. The van der Waals surface area contributed by atoms with Gasteiger partial charge >= 0.3 is 0 Å². The van der Waals surface area contributed by atoms with Gasteiger partial charge in [0.05, 0.1) is 10.5 Å². The Hall–Kier alpha value is -0.910. The van der Waals surface area contributed by atoms with Gasteiger partial charge in [-0.15, -0.1) is 0 Å². The van der Waals surface area contributed by atoms with Gasteiger partial charge in [-0.2, -0.15) is 0 Å². The number of nitrogens with one attached hydrogen (secondary N) is 1. The molecule has 1 aromatic rings. The first-order chi connectivity index (χ1) is 9.62. The van der Waals surface area contributed by atoms with E-state index in [4.69, 9.17) is 0 Å². The molecule has 2 N–H and O–H groups in total. The van der Waals surface area contributed by atoms with Crippen LogP contribution in [0.25, 0.3) is 0 Å². The van der Waals surface area contributed by atoms with Crippen molar-refractivity contribution in [2.24, 2.45) is 0 Å². The molecule has 1 aliphatic rings. The summed E-state index contributed by atoms with van der Waals surface area (Å²) in [6.07, 6.45) is 3.24. The zero-order valence-electron chi connectivity index (χ0n) is 13.0. The number of sulfonamides is 1. The average molecular weight is 311 g/mol. The van der Waals surface area contributed by atoms with E-state index in [-0.39, 0.29) is 16.9 Å². The summed E-state index contributed by atoms with van der Waals surface area (Å²) in [6, 6.07) is 6.95. The van der Waals surface area contributed by atoms with Crippen LogP contribution in [0.1, 0.15) is 52.0 Å². The molecule has 0 spiro atoms. The van der Waals surface area contributed by atoms with Crippen LogP contribution in [0, 0.1) is 0 Å². The Morgan fingerprint density at radius 1 is 1.14 bits per heavy atom. The van der Waals surface area contributed by atoms with Crippen LogP contribution in [0.3, 0.4) is 0 Å². The fraction of sp³-hybridized carbons (Fsp3) is 0.625. The Balaban J connectivity index is 2.09. The quantitative estimate of drug-likeness (QED) is 0.898. The van der Waals surface area contributed by atoms with Crippen molar-refractivity contribution in [3.8, 4) is 0 Å². The molecule has 0 heterocycles. The summed E-state index contributed by atoms with van der Waals surface area (Å²) in [5, 5.41) is 10.2. The molecule has 0 bridgehead atoms. The maximum atomic E-state index is 12.3. The smallest absolute Gasteiger partial charge is 0.240 e. The van der Waals surface area contributed by atoms with E-state index in [2.05, 4.69) is 25.5 Å². The van der Waals surface area contributed by atoms with Crippen LogP contribution in [0.2, 0.25) is 0 Å². The average Bonchev–Trinajstić information content (AvgIpc) is 2.84. The van der Waals surface area contributed by atoms with E-state index in [1.54, 1.807) is 12.1 Å². The van der Waals surface area contributed by atoms with Crippen molar-refractivity contribution in [3.63, 3.8) is 0 Å². The predicted molar refractivity (Wildman–Crippen MR) is 83.7 cm³/mol. The largest absolute Gasteiger partial charge is 0.389 e. The zero-order valence-corrected chi connectivity index (χ0v) is 13.8. The highest BCUT2D eigenvalue weighted by atomic mass is 32.2. The van der Waals surface area contributed by atoms with Crippen molar-refractivity contribution >= 4 is 10.0 Å². The van der Waals surface area contributed by atoms with E-state index < -0.39 is 15.6 Å². The van der Waals surface area contributed by atoms with Crippen molar-refractivity contribution in [2.45, 2.75) is 62.4 Å². The van der Waals surface area contributed by atoms with Crippen LogP contribution >= 0.6 is 0 Å². The van der Waals surface area contributed by atoms with Gasteiger partial charge in [0, 0.05) is 6.54 Å². The highest BCUT2D eigenvalue weighted by Gasteiger charge is 2.32. The molecule has 1 saturated carbocycles. The van der Waals surface area contributed by atoms with Gasteiger partial charge in [0.25, 0.3) is 0 Å². The first-order valence-corrected chi connectivity index (χ1v) is 8.93. The summed E-state index contributed by atoms with van der Waals surface area (Å²) in [7, 11) is -3.56. The predicted octanol–water partition coefficient (Wildman–Crippen LogP) is 2.57. The molecule has 5 heteroatoms. The van der Waals surface area contributed by atoms with Crippen LogP contribution in [0.4, 0.5) is 0 Å². The lowest BCUT2D eigenvalue weighted by atomic mass is 9.87. The fourth-order valence-electron chi connectivity index (χ4n) is 2.66. The minimum Gasteiger partial charge on any atom is -0.389 e. The molecule has 1 aliphatic carbocycles. The number of benzene rings is 1. The van der Waals surface area contributed by atoms with E-state index in [1.165, 1.54) is 0 Å². The van der Waals surface area contributed by atoms with Crippen molar-refractivity contribution < 1.29 is 13.5 Å². The van der Waals surface area contributed by atoms with Crippen LogP contribution in [0.15, 0.2) is 29.2 Å². The van der Waals surface area contributed by atoms with E-state index in [0.717, 1.165) is 18.4 Å². The number of aliphatic hydroxyl groups is 1.